The molecule has 2 aliphatic heterocycles. The molecule has 1 aromatic rings. The fourth-order valence-corrected chi connectivity index (χ4v) is 4.44. The lowest BCUT2D eigenvalue weighted by atomic mass is 9.81. The highest BCUT2D eigenvalue weighted by molar-refractivity contribution is 6.07. The van der Waals surface area contributed by atoms with Gasteiger partial charge in [-0.1, -0.05) is 18.9 Å². The molecule has 1 aromatic heterocycles. The molecule has 2 saturated heterocycles. The standard InChI is InChI=1S/C20H26N4O3/c25-18(13-24-19(26)15-5-1-2-6-16(15)20(24)27)22-12-14-7-8-17(21-11-14)23-9-3-4-10-23/h7-8,11,15-16H,1-6,9-10,12-13H2,(H,22,25). The molecule has 3 heterocycles. The van der Waals surface area contributed by atoms with Gasteiger partial charge in [0, 0.05) is 25.8 Å². The van der Waals surface area contributed by atoms with Crippen LogP contribution in [0.2, 0.25) is 0 Å². The third-order valence-corrected chi connectivity index (χ3v) is 5.96. The number of rotatable bonds is 5. The van der Waals surface area contributed by atoms with Gasteiger partial charge in [0.05, 0.1) is 11.8 Å². The molecule has 144 valence electrons. The minimum Gasteiger partial charge on any atom is -0.357 e. The minimum absolute atomic E-state index is 0.170. The number of hydrogen-bond acceptors (Lipinski definition) is 5. The average molecular weight is 370 g/mol. The molecule has 1 N–H and O–H groups in total. The molecular formula is C20H26N4O3. The number of pyridine rings is 1. The molecule has 0 aromatic carbocycles. The molecule has 0 bridgehead atoms. The van der Waals surface area contributed by atoms with Gasteiger partial charge in [0.2, 0.25) is 17.7 Å². The molecule has 3 aliphatic rings. The highest BCUT2D eigenvalue weighted by atomic mass is 16.2. The predicted molar refractivity (Wildman–Crippen MR) is 99.7 cm³/mol. The van der Waals surface area contributed by atoms with Crippen molar-refractivity contribution in [3.8, 4) is 0 Å². The fraction of sp³-hybridized carbons (Fsp3) is 0.600. The van der Waals surface area contributed by atoms with Gasteiger partial charge in [-0.2, -0.15) is 0 Å². The first-order valence-corrected chi connectivity index (χ1v) is 9.95. The van der Waals surface area contributed by atoms with Crippen LogP contribution in [-0.4, -0.2) is 47.2 Å². The maximum atomic E-state index is 12.4. The van der Waals surface area contributed by atoms with Crippen LogP contribution < -0.4 is 10.2 Å². The fourth-order valence-electron chi connectivity index (χ4n) is 4.44. The number of carbonyl (C=O) groups is 3. The Bertz CT molecular complexity index is 703. The van der Waals surface area contributed by atoms with Crippen molar-refractivity contribution in [3.63, 3.8) is 0 Å². The van der Waals surface area contributed by atoms with Crippen molar-refractivity contribution in [2.45, 2.75) is 45.1 Å². The lowest BCUT2D eigenvalue weighted by Gasteiger charge is -2.19. The lowest BCUT2D eigenvalue weighted by molar-refractivity contribution is -0.143. The molecule has 7 nitrogen and oxygen atoms in total. The van der Waals surface area contributed by atoms with Crippen molar-refractivity contribution in [3.05, 3.63) is 23.9 Å². The van der Waals surface area contributed by atoms with Crippen molar-refractivity contribution in [1.29, 1.82) is 0 Å². The molecule has 3 fully saturated rings. The topological polar surface area (TPSA) is 82.6 Å². The average Bonchev–Trinajstić information content (AvgIpc) is 3.31. The Hall–Kier alpha value is -2.44. The van der Waals surface area contributed by atoms with Gasteiger partial charge in [0.25, 0.3) is 0 Å². The predicted octanol–water partition coefficient (Wildman–Crippen LogP) is 1.47. The highest BCUT2D eigenvalue weighted by Crippen LogP contribution is 2.37. The van der Waals surface area contributed by atoms with Gasteiger partial charge in [-0.3, -0.25) is 19.3 Å². The summed E-state index contributed by atoms with van der Waals surface area (Å²) in [7, 11) is 0. The van der Waals surface area contributed by atoms with Crippen molar-refractivity contribution in [1.82, 2.24) is 15.2 Å². The van der Waals surface area contributed by atoms with Crippen LogP contribution in [0.4, 0.5) is 5.82 Å². The summed E-state index contributed by atoms with van der Waals surface area (Å²) in [6, 6.07) is 3.94. The Morgan fingerprint density at radius 3 is 2.30 bits per heavy atom. The molecule has 3 amide bonds. The number of anilines is 1. The van der Waals surface area contributed by atoms with E-state index in [2.05, 4.69) is 15.2 Å². The number of imide groups is 1. The van der Waals surface area contributed by atoms with Crippen LogP contribution in [0.25, 0.3) is 0 Å². The van der Waals surface area contributed by atoms with E-state index in [1.165, 1.54) is 12.8 Å². The molecule has 2 atom stereocenters. The smallest absolute Gasteiger partial charge is 0.240 e. The van der Waals surface area contributed by atoms with Crippen molar-refractivity contribution >= 4 is 23.5 Å². The summed E-state index contributed by atoms with van der Waals surface area (Å²) in [6.45, 7) is 2.26. The Morgan fingerprint density at radius 1 is 1.04 bits per heavy atom. The molecule has 0 radical (unpaired) electrons. The Balaban J connectivity index is 1.29. The molecule has 7 heteroatoms. The first kappa shape index (κ1) is 17.9. The van der Waals surface area contributed by atoms with Gasteiger partial charge in [-0.15, -0.1) is 0 Å². The molecular weight excluding hydrogens is 344 g/mol. The summed E-state index contributed by atoms with van der Waals surface area (Å²) in [5.41, 5.74) is 0.902. The van der Waals surface area contributed by atoms with E-state index in [1.807, 2.05) is 12.1 Å². The van der Waals surface area contributed by atoms with E-state index >= 15 is 0 Å². The van der Waals surface area contributed by atoms with E-state index in [0.717, 1.165) is 55.1 Å². The zero-order valence-electron chi connectivity index (χ0n) is 15.5. The quantitative estimate of drug-likeness (QED) is 0.794. The van der Waals surface area contributed by atoms with E-state index in [9.17, 15) is 14.4 Å². The van der Waals surface area contributed by atoms with Crippen LogP contribution in [0.5, 0.6) is 0 Å². The third kappa shape index (κ3) is 3.68. The van der Waals surface area contributed by atoms with Gasteiger partial charge in [-0.25, -0.2) is 4.98 Å². The number of hydrogen-bond donors (Lipinski definition) is 1. The van der Waals surface area contributed by atoms with Crippen LogP contribution >= 0.6 is 0 Å². The summed E-state index contributed by atoms with van der Waals surface area (Å²) < 4.78 is 0. The summed E-state index contributed by atoms with van der Waals surface area (Å²) >= 11 is 0. The second kappa shape index (κ2) is 7.66. The summed E-state index contributed by atoms with van der Waals surface area (Å²) in [5, 5.41) is 2.80. The van der Waals surface area contributed by atoms with Crippen LogP contribution in [0.3, 0.4) is 0 Å². The molecule has 4 rings (SSSR count). The second-order valence-corrected chi connectivity index (χ2v) is 7.76. The Labute approximate surface area is 159 Å². The maximum Gasteiger partial charge on any atom is 0.240 e. The first-order valence-electron chi connectivity index (χ1n) is 9.95. The molecule has 1 saturated carbocycles. The van der Waals surface area contributed by atoms with E-state index < -0.39 is 0 Å². The van der Waals surface area contributed by atoms with Crippen LogP contribution in [0.1, 0.15) is 44.1 Å². The van der Waals surface area contributed by atoms with E-state index in [-0.39, 0.29) is 36.1 Å². The molecule has 27 heavy (non-hydrogen) atoms. The number of amides is 3. The number of carbonyl (C=O) groups excluding carboxylic acids is 3. The normalized spacial score (nSPS) is 25.0. The van der Waals surface area contributed by atoms with Gasteiger partial charge in [-0.05, 0) is 37.3 Å². The van der Waals surface area contributed by atoms with Gasteiger partial charge in [0.1, 0.15) is 12.4 Å². The van der Waals surface area contributed by atoms with Gasteiger partial charge >= 0.3 is 0 Å². The Morgan fingerprint density at radius 2 is 1.70 bits per heavy atom. The van der Waals surface area contributed by atoms with Crippen molar-refractivity contribution in [2.24, 2.45) is 11.8 Å². The summed E-state index contributed by atoms with van der Waals surface area (Å²) in [6.07, 6.45) is 7.69. The zero-order valence-corrected chi connectivity index (χ0v) is 15.5. The summed E-state index contributed by atoms with van der Waals surface area (Å²) in [5.74, 6) is -0.0897. The monoisotopic (exact) mass is 370 g/mol. The lowest BCUT2D eigenvalue weighted by Crippen LogP contribution is -2.40. The molecule has 0 spiro atoms. The molecule has 2 unspecified atom stereocenters. The Kier molecular flexibility index (Phi) is 5.09. The number of aromatic nitrogens is 1. The third-order valence-electron chi connectivity index (χ3n) is 5.96. The number of nitrogens with zero attached hydrogens (tertiary/aromatic N) is 3. The van der Waals surface area contributed by atoms with Gasteiger partial charge < -0.3 is 10.2 Å². The first-order chi connectivity index (χ1) is 13.1. The number of fused-ring (bicyclic) bond motifs is 1. The van der Waals surface area contributed by atoms with E-state index in [1.54, 1.807) is 6.20 Å². The SMILES string of the molecule is O=C(CN1C(=O)C2CCCCC2C1=O)NCc1ccc(N2CCCC2)nc1. The van der Waals surface area contributed by atoms with E-state index in [4.69, 9.17) is 0 Å². The second-order valence-electron chi connectivity index (χ2n) is 7.76. The number of likely N-dealkylation sites (tertiary alicyclic amines) is 1. The van der Waals surface area contributed by atoms with Crippen molar-refractivity contribution < 1.29 is 14.4 Å². The summed E-state index contributed by atoms with van der Waals surface area (Å²) in [4.78, 5) is 45.0. The molecule has 1 aliphatic carbocycles. The zero-order chi connectivity index (χ0) is 18.8. The minimum atomic E-state index is -0.307. The van der Waals surface area contributed by atoms with Crippen molar-refractivity contribution in [2.75, 3.05) is 24.5 Å². The van der Waals surface area contributed by atoms with Gasteiger partial charge in [0.15, 0.2) is 0 Å². The highest BCUT2D eigenvalue weighted by Gasteiger charge is 2.48. The van der Waals surface area contributed by atoms with E-state index in [0.29, 0.717) is 6.54 Å². The van der Waals surface area contributed by atoms with Crippen LogP contribution in [0.15, 0.2) is 18.3 Å². The largest absolute Gasteiger partial charge is 0.357 e. The van der Waals surface area contributed by atoms with Crippen LogP contribution in [-0.2, 0) is 20.9 Å². The van der Waals surface area contributed by atoms with Crippen LogP contribution in [0, 0.1) is 11.8 Å². The number of nitrogens with one attached hydrogen (secondary N) is 1. The maximum absolute atomic E-state index is 12.4.